The predicted octanol–water partition coefficient (Wildman–Crippen LogP) is 2.24. The highest BCUT2D eigenvalue weighted by Gasteiger charge is 2.59. The number of nitrogens with zero attached hydrogens (tertiary/aromatic N) is 2. The van der Waals surface area contributed by atoms with E-state index in [1.54, 1.807) is 12.1 Å². The summed E-state index contributed by atoms with van der Waals surface area (Å²) in [5.74, 6) is 0.913. The largest absolute Gasteiger partial charge is 0.493 e. The van der Waals surface area contributed by atoms with E-state index in [0.717, 1.165) is 11.4 Å². The van der Waals surface area contributed by atoms with Crippen LogP contribution in [0.1, 0.15) is 18.9 Å². The summed E-state index contributed by atoms with van der Waals surface area (Å²) < 4.78 is 16.3. The molecule has 7 nitrogen and oxygen atoms in total. The number of hydrazone groups is 1. The third-order valence-electron chi connectivity index (χ3n) is 5.54. The van der Waals surface area contributed by atoms with Crippen molar-refractivity contribution in [3.05, 3.63) is 29.8 Å². The molecule has 0 radical (unpaired) electrons. The highest BCUT2D eigenvalue weighted by atomic mass is 16.5. The molecule has 27 heavy (non-hydrogen) atoms. The maximum absolute atomic E-state index is 12.7. The summed E-state index contributed by atoms with van der Waals surface area (Å²) >= 11 is 0. The van der Waals surface area contributed by atoms with Crippen molar-refractivity contribution in [2.24, 2.45) is 28.8 Å². The molecule has 4 rings (SSSR count). The number of amides is 2. The highest BCUT2D eigenvalue weighted by molar-refractivity contribution is 6.06. The average Bonchev–Trinajstić information content (AvgIpc) is 3.35. The molecule has 0 aromatic heterocycles. The van der Waals surface area contributed by atoms with Crippen LogP contribution in [0.3, 0.4) is 0 Å². The molecule has 7 heteroatoms. The second-order valence-electron chi connectivity index (χ2n) is 6.92. The molecular weight excluding hydrogens is 348 g/mol. The van der Waals surface area contributed by atoms with Crippen LogP contribution in [0.15, 0.2) is 29.4 Å². The lowest BCUT2D eigenvalue weighted by atomic mass is 9.85. The van der Waals surface area contributed by atoms with Gasteiger partial charge in [-0.15, -0.1) is 0 Å². The van der Waals surface area contributed by atoms with Gasteiger partial charge in [-0.1, -0.05) is 12.2 Å². The Hall–Kier alpha value is -2.83. The molecule has 142 valence electrons. The van der Waals surface area contributed by atoms with E-state index in [2.05, 4.69) is 17.3 Å². The minimum atomic E-state index is -0.256. The Morgan fingerprint density at radius 3 is 2.11 bits per heavy atom. The second-order valence-corrected chi connectivity index (χ2v) is 6.92. The number of carbonyl (C=O) groups is 2. The molecule has 4 atom stereocenters. The average molecular weight is 370 g/mol. The molecule has 1 saturated heterocycles. The van der Waals surface area contributed by atoms with Crippen molar-refractivity contribution in [2.45, 2.75) is 13.3 Å². The first kappa shape index (κ1) is 17.6. The Balaban J connectivity index is 1.60. The van der Waals surface area contributed by atoms with E-state index in [4.69, 9.17) is 14.2 Å². The van der Waals surface area contributed by atoms with Gasteiger partial charge in [0.15, 0.2) is 11.5 Å². The fourth-order valence-electron chi connectivity index (χ4n) is 4.39. The third kappa shape index (κ3) is 2.69. The zero-order valence-electron chi connectivity index (χ0n) is 15.5. The molecule has 2 fully saturated rings. The number of imide groups is 1. The quantitative estimate of drug-likeness (QED) is 0.436. The predicted molar refractivity (Wildman–Crippen MR) is 97.9 cm³/mol. The number of fused-ring (bicyclic) bond motifs is 5. The normalized spacial score (nSPS) is 28.3. The highest BCUT2D eigenvalue weighted by Crippen LogP contribution is 2.52. The molecule has 0 unspecified atom stereocenters. The van der Waals surface area contributed by atoms with Crippen molar-refractivity contribution in [1.82, 2.24) is 5.01 Å². The zero-order valence-corrected chi connectivity index (χ0v) is 15.5. The number of ether oxygens (including phenoxy) is 3. The molecule has 1 aromatic carbocycles. The molecule has 0 spiro atoms. The molecule has 0 N–H and O–H groups in total. The lowest BCUT2D eigenvalue weighted by Crippen LogP contribution is -2.28. The van der Waals surface area contributed by atoms with Gasteiger partial charge in [0.1, 0.15) is 0 Å². The molecule has 3 aliphatic rings. The Morgan fingerprint density at radius 2 is 1.63 bits per heavy atom. The van der Waals surface area contributed by atoms with Crippen molar-refractivity contribution in [3.63, 3.8) is 0 Å². The van der Waals surface area contributed by atoms with Gasteiger partial charge < -0.3 is 14.2 Å². The molecule has 1 heterocycles. The molecule has 2 aliphatic carbocycles. The van der Waals surface area contributed by atoms with Gasteiger partial charge in [0.2, 0.25) is 5.75 Å². The van der Waals surface area contributed by atoms with Crippen molar-refractivity contribution in [1.29, 1.82) is 0 Å². The summed E-state index contributed by atoms with van der Waals surface area (Å²) in [5.41, 5.74) is 0.644. The number of carbonyl (C=O) groups excluding carboxylic acids is 2. The van der Waals surface area contributed by atoms with Crippen LogP contribution in [0.5, 0.6) is 17.2 Å². The molecule has 1 aromatic rings. The Morgan fingerprint density at radius 1 is 1.07 bits per heavy atom. The first-order valence-corrected chi connectivity index (χ1v) is 9.08. The minimum absolute atomic E-state index is 0.169. The standard InChI is InChI=1S/C20H22N2O5/c1-4-27-18-14(25-2)7-11(8-15(18)26-3)10-21-22-19(23)16-12-5-6-13(9-12)17(16)20(22)24/h5-8,10,12-13,16-17H,4,9H2,1-3H3/t12-,13-,16-,17+/m0/s1. The summed E-state index contributed by atoms with van der Waals surface area (Å²) in [7, 11) is 3.07. The van der Waals surface area contributed by atoms with E-state index in [9.17, 15) is 9.59 Å². The Bertz CT molecular complexity index is 792. The summed E-state index contributed by atoms with van der Waals surface area (Å²) in [4.78, 5) is 25.4. The number of rotatable bonds is 6. The topological polar surface area (TPSA) is 77.4 Å². The monoisotopic (exact) mass is 370 g/mol. The van der Waals surface area contributed by atoms with Crippen molar-refractivity contribution >= 4 is 18.0 Å². The lowest BCUT2D eigenvalue weighted by molar-refractivity contribution is -0.140. The maximum atomic E-state index is 12.7. The smallest absolute Gasteiger partial charge is 0.254 e. The first-order chi connectivity index (χ1) is 13.1. The van der Waals surface area contributed by atoms with Crippen molar-refractivity contribution < 1.29 is 23.8 Å². The van der Waals surface area contributed by atoms with Gasteiger partial charge in [-0.3, -0.25) is 9.59 Å². The van der Waals surface area contributed by atoms with Crippen LogP contribution in [0, 0.1) is 23.7 Å². The van der Waals surface area contributed by atoms with E-state index in [-0.39, 0.29) is 35.5 Å². The summed E-state index contributed by atoms with van der Waals surface area (Å²) in [6.07, 6.45) is 6.50. The number of benzene rings is 1. The first-order valence-electron chi connectivity index (χ1n) is 9.08. The van der Waals surface area contributed by atoms with Gasteiger partial charge in [-0.05, 0) is 37.3 Å². The number of hydrogen-bond donors (Lipinski definition) is 0. The molecular formula is C20H22N2O5. The van der Waals surface area contributed by atoms with Crippen LogP contribution < -0.4 is 14.2 Å². The van der Waals surface area contributed by atoms with Crippen molar-refractivity contribution in [3.8, 4) is 17.2 Å². The van der Waals surface area contributed by atoms with Crippen LogP contribution in [0.4, 0.5) is 0 Å². The van der Waals surface area contributed by atoms with E-state index in [1.165, 1.54) is 20.4 Å². The van der Waals surface area contributed by atoms with E-state index >= 15 is 0 Å². The number of hydrogen-bond acceptors (Lipinski definition) is 6. The lowest BCUT2D eigenvalue weighted by Gasteiger charge is -2.14. The van der Waals surface area contributed by atoms with Gasteiger partial charge in [-0.25, -0.2) is 0 Å². The van der Waals surface area contributed by atoms with Crippen molar-refractivity contribution in [2.75, 3.05) is 20.8 Å². The third-order valence-corrected chi connectivity index (χ3v) is 5.54. The Labute approximate surface area is 157 Å². The number of allylic oxidation sites excluding steroid dienone is 2. The van der Waals surface area contributed by atoms with Gasteiger partial charge in [-0.2, -0.15) is 10.1 Å². The van der Waals surface area contributed by atoms with Gasteiger partial charge >= 0.3 is 0 Å². The molecule has 1 saturated carbocycles. The van der Waals surface area contributed by atoms with Crippen LogP contribution in [0.2, 0.25) is 0 Å². The van der Waals surface area contributed by atoms with E-state index in [1.807, 2.05) is 6.92 Å². The molecule has 2 amide bonds. The summed E-state index contributed by atoms with van der Waals surface area (Å²) in [6.45, 7) is 2.34. The van der Waals surface area contributed by atoms with E-state index < -0.39 is 0 Å². The molecule has 2 bridgehead atoms. The second kappa shape index (κ2) is 6.72. The van der Waals surface area contributed by atoms with Crippen LogP contribution in [0.25, 0.3) is 0 Å². The SMILES string of the molecule is CCOc1c(OC)cc(C=NN2C(=O)[C@@H]3[C@H](C2=O)[C@H]2C=C[C@H]3C2)cc1OC. The van der Waals surface area contributed by atoms with Crippen LogP contribution >= 0.6 is 0 Å². The van der Waals surface area contributed by atoms with Gasteiger partial charge in [0, 0.05) is 5.56 Å². The molecule has 1 aliphatic heterocycles. The zero-order chi connectivity index (χ0) is 19.1. The number of methoxy groups -OCH3 is 2. The fourth-order valence-corrected chi connectivity index (χ4v) is 4.39. The van der Waals surface area contributed by atoms with Gasteiger partial charge in [0.05, 0.1) is 38.9 Å². The maximum Gasteiger partial charge on any atom is 0.254 e. The summed E-state index contributed by atoms with van der Waals surface area (Å²) in [5, 5.41) is 5.22. The van der Waals surface area contributed by atoms with Crippen LogP contribution in [-0.2, 0) is 9.59 Å². The van der Waals surface area contributed by atoms with Gasteiger partial charge in [0.25, 0.3) is 11.8 Å². The minimum Gasteiger partial charge on any atom is -0.493 e. The Kier molecular flexibility index (Phi) is 4.37. The summed E-state index contributed by atoms with van der Waals surface area (Å²) in [6, 6.07) is 3.46. The van der Waals surface area contributed by atoms with Crippen LogP contribution in [-0.4, -0.2) is 43.9 Å². The van der Waals surface area contributed by atoms with E-state index in [0.29, 0.717) is 29.4 Å². The fraction of sp³-hybridized carbons (Fsp3) is 0.450.